The number of carbonyl (C=O) groups excluding carboxylic acids is 1. The molecule has 4 N–H and O–H groups in total. The Labute approximate surface area is 237 Å². The number of anilines is 1. The van der Waals surface area contributed by atoms with Crippen molar-refractivity contribution in [2.75, 3.05) is 18.5 Å². The molecular weight excluding hydrogens is 592 g/mol. The van der Waals surface area contributed by atoms with E-state index in [1.54, 1.807) is 13.0 Å². The van der Waals surface area contributed by atoms with Crippen molar-refractivity contribution in [3.05, 3.63) is 68.0 Å². The molecule has 1 aliphatic carbocycles. The second-order valence-corrected chi connectivity index (χ2v) is 12.5. The molecule has 1 fully saturated rings. The Bertz CT molecular complexity index is 1560. The highest BCUT2D eigenvalue weighted by Gasteiger charge is 2.44. The van der Waals surface area contributed by atoms with Crippen molar-refractivity contribution in [2.45, 2.75) is 43.9 Å². The summed E-state index contributed by atoms with van der Waals surface area (Å²) in [6.07, 6.45) is 1.43. The predicted molar refractivity (Wildman–Crippen MR) is 141 cm³/mol. The fourth-order valence-electron chi connectivity index (χ4n) is 4.93. The van der Waals surface area contributed by atoms with E-state index in [1.807, 2.05) is 0 Å². The van der Waals surface area contributed by atoms with Gasteiger partial charge in [-0.2, -0.15) is 17.2 Å². The number of aromatic nitrogens is 3. The first-order chi connectivity index (χ1) is 18.8. The number of carbonyl (C=O) groups is 1. The Morgan fingerprint density at radius 1 is 1.38 bits per heavy atom. The molecule has 0 radical (unpaired) electrons. The molecule has 40 heavy (non-hydrogen) atoms. The van der Waals surface area contributed by atoms with E-state index in [0.717, 1.165) is 11.3 Å². The van der Waals surface area contributed by atoms with Crippen LogP contribution in [0.3, 0.4) is 0 Å². The Morgan fingerprint density at radius 2 is 2.15 bits per heavy atom. The second-order valence-electron chi connectivity index (χ2n) is 9.62. The summed E-state index contributed by atoms with van der Waals surface area (Å²) in [6.45, 7) is 0.633. The lowest BCUT2D eigenvalue weighted by Gasteiger charge is -2.30. The minimum absolute atomic E-state index is 0.00481. The molecule has 0 spiro atoms. The number of nitrogens with two attached hydrogens (primary N) is 1. The van der Waals surface area contributed by atoms with Gasteiger partial charge in [-0.3, -0.25) is 8.98 Å². The van der Waals surface area contributed by atoms with Gasteiger partial charge in [0.05, 0.1) is 28.8 Å². The van der Waals surface area contributed by atoms with Gasteiger partial charge in [0, 0.05) is 34.2 Å². The van der Waals surface area contributed by atoms with Crippen molar-refractivity contribution in [3.63, 3.8) is 0 Å². The summed E-state index contributed by atoms with van der Waals surface area (Å²) < 4.78 is 61.3. The zero-order valence-corrected chi connectivity index (χ0v) is 23.3. The fraction of sp³-hybridized carbons (Fsp3) is 0.417. The van der Waals surface area contributed by atoms with Crippen LogP contribution in [-0.2, 0) is 25.1 Å². The summed E-state index contributed by atoms with van der Waals surface area (Å²) in [4.78, 5) is 26.8. The van der Waals surface area contributed by atoms with E-state index in [4.69, 9.17) is 21.5 Å². The molecule has 1 unspecified atom stereocenters. The molecule has 11 nitrogen and oxygen atoms in total. The summed E-state index contributed by atoms with van der Waals surface area (Å²) in [5.41, 5.74) is 0.394. The van der Waals surface area contributed by atoms with Crippen LogP contribution in [0.15, 0.2) is 30.7 Å². The van der Waals surface area contributed by atoms with Gasteiger partial charge < -0.3 is 15.2 Å². The normalized spacial score (nSPS) is 24.1. The van der Waals surface area contributed by atoms with Crippen molar-refractivity contribution in [1.82, 2.24) is 15.0 Å². The van der Waals surface area contributed by atoms with Crippen LogP contribution in [0.1, 0.15) is 55.9 Å². The van der Waals surface area contributed by atoms with Crippen LogP contribution in [0.4, 0.5) is 14.6 Å². The van der Waals surface area contributed by atoms with E-state index in [0.29, 0.717) is 21.7 Å². The van der Waals surface area contributed by atoms with Gasteiger partial charge in [0.15, 0.2) is 0 Å². The van der Waals surface area contributed by atoms with Crippen LogP contribution in [-0.4, -0.2) is 59.6 Å². The molecule has 0 amide bonds. The number of thiophene rings is 1. The van der Waals surface area contributed by atoms with Gasteiger partial charge in [0.25, 0.3) is 5.92 Å². The van der Waals surface area contributed by atoms with Crippen LogP contribution in [0.2, 0.25) is 5.15 Å². The van der Waals surface area contributed by atoms with Crippen LogP contribution < -0.4 is 10.5 Å². The molecular formula is C24H24ClF2N5O6S2. The standard InChI is InChI=1S/C24H24ClF2N5O6S2/c1-11-14(22-20-16(2-3-19(25)32-20)24(26,27)9-37-22)6-18(39-11)21(34)15-7-29-10-30-23(15)31-13-4-12(17(33)5-13)8-38-40(28,35)36/h2-3,6-7,10,12-13,17,22,33H,4-5,8-9H2,1H3,(H2,28,35,36)(H,29,30,31)/t12-,13-,17+,22?/m1/s1. The highest BCUT2D eigenvalue weighted by Crippen LogP contribution is 2.44. The summed E-state index contributed by atoms with van der Waals surface area (Å²) in [7, 11) is -4.15. The topological polar surface area (TPSA) is 167 Å². The average Bonchev–Trinajstić information content (AvgIpc) is 3.43. The van der Waals surface area contributed by atoms with Gasteiger partial charge in [-0.05, 0) is 38.0 Å². The third kappa shape index (κ3) is 6.00. The number of hydrogen-bond acceptors (Lipinski definition) is 11. The number of hydrogen-bond donors (Lipinski definition) is 3. The maximum absolute atomic E-state index is 14.5. The van der Waals surface area contributed by atoms with E-state index in [9.17, 15) is 27.1 Å². The SMILES string of the molecule is Cc1sc(C(=O)c2cncnc2N[C@@H]2C[C@H](COS(N)(=O)=O)[C@@H](O)C2)cc1C1OCC(F)(F)c2ccc(Cl)nc21. The number of nitrogens with zero attached hydrogens (tertiary/aromatic N) is 3. The smallest absolute Gasteiger partial charge is 0.333 e. The van der Waals surface area contributed by atoms with Gasteiger partial charge in [0.1, 0.15) is 30.0 Å². The van der Waals surface area contributed by atoms with Gasteiger partial charge in [0.2, 0.25) is 5.78 Å². The first-order valence-electron chi connectivity index (χ1n) is 12.1. The largest absolute Gasteiger partial charge is 0.393 e. The Morgan fingerprint density at radius 3 is 2.90 bits per heavy atom. The molecule has 0 bridgehead atoms. The quantitative estimate of drug-likeness (QED) is 0.253. The third-order valence-corrected chi connectivity index (χ3v) is 8.57. The van der Waals surface area contributed by atoms with Crippen molar-refractivity contribution in [2.24, 2.45) is 11.1 Å². The van der Waals surface area contributed by atoms with Crippen molar-refractivity contribution in [1.29, 1.82) is 0 Å². The Balaban J connectivity index is 1.37. The zero-order chi connectivity index (χ0) is 28.8. The molecule has 2 aliphatic rings. The van der Waals surface area contributed by atoms with E-state index >= 15 is 0 Å². The summed E-state index contributed by atoms with van der Waals surface area (Å²) in [5.74, 6) is -3.90. The number of rotatable bonds is 8. The first-order valence-corrected chi connectivity index (χ1v) is 14.7. The first kappa shape index (κ1) is 28.9. The second kappa shape index (κ2) is 11.0. The number of ketones is 1. The molecule has 16 heteroatoms. The molecule has 1 aliphatic heterocycles. The molecule has 214 valence electrons. The number of aliphatic hydroxyl groups excluding tert-OH is 1. The highest BCUT2D eigenvalue weighted by atomic mass is 35.5. The lowest BCUT2D eigenvalue weighted by atomic mass is 9.95. The monoisotopic (exact) mass is 615 g/mol. The number of pyridine rings is 1. The molecule has 1 saturated carbocycles. The number of fused-ring (bicyclic) bond motifs is 1. The van der Waals surface area contributed by atoms with Crippen LogP contribution in [0.25, 0.3) is 0 Å². The predicted octanol–water partition coefficient (Wildman–Crippen LogP) is 3.11. The number of aliphatic hydroxyl groups is 1. The number of ether oxygens (including phenoxy) is 1. The zero-order valence-electron chi connectivity index (χ0n) is 20.9. The summed E-state index contributed by atoms with van der Waals surface area (Å²) >= 11 is 7.17. The number of nitrogens with one attached hydrogen (secondary N) is 1. The fourth-order valence-corrected chi connectivity index (χ4v) is 6.45. The molecule has 4 heterocycles. The molecule has 4 atom stereocenters. The summed E-state index contributed by atoms with van der Waals surface area (Å²) in [6, 6.07) is 3.78. The molecule has 0 aromatic carbocycles. The van der Waals surface area contributed by atoms with Gasteiger partial charge >= 0.3 is 10.3 Å². The van der Waals surface area contributed by atoms with Crippen LogP contribution in [0.5, 0.6) is 0 Å². The summed E-state index contributed by atoms with van der Waals surface area (Å²) in [5, 5.41) is 18.4. The van der Waals surface area contributed by atoms with Gasteiger partial charge in [-0.15, -0.1) is 11.3 Å². The molecule has 3 aromatic heterocycles. The lowest BCUT2D eigenvalue weighted by molar-refractivity contribution is -0.117. The molecule has 0 saturated heterocycles. The van der Waals surface area contributed by atoms with Crippen molar-refractivity contribution in [3.8, 4) is 0 Å². The van der Waals surface area contributed by atoms with Crippen molar-refractivity contribution >= 4 is 44.8 Å². The van der Waals surface area contributed by atoms with E-state index < -0.39 is 46.7 Å². The Hall–Kier alpha value is -2.66. The van der Waals surface area contributed by atoms with Crippen LogP contribution in [0, 0.1) is 12.8 Å². The van der Waals surface area contributed by atoms with E-state index in [-0.39, 0.29) is 46.9 Å². The van der Waals surface area contributed by atoms with Gasteiger partial charge in [-0.1, -0.05) is 11.6 Å². The average molecular weight is 616 g/mol. The number of alkyl halides is 2. The Kier molecular flexibility index (Phi) is 7.91. The van der Waals surface area contributed by atoms with Gasteiger partial charge in [-0.25, -0.2) is 20.1 Å². The lowest BCUT2D eigenvalue weighted by Crippen LogP contribution is -2.31. The van der Waals surface area contributed by atoms with E-state index in [2.05, 4.69) is 24.5 Å². The molecule has 3 aromatic rings. The third-order valence-electron chi connectivity index (χ3n) is 6.83. The maximum atomic E-state index is 14.5. The highest BCUT2D eigenvalue weighted by molar-refractivity contribution is 7.84. The minimum Gasteiger partial charge on any atom is -0.393 e. The minimum atomic E-state index is -4.15. The van der Waals surface area contributed by atoms with Crippen LogP contribution >= 0.6 is 22.9 Å². The van der Waals surface area contributed by atoms with Crippen molar-refractivity contribution < 1.29 is 36.0 Å². The van der Waals surface area contributed by atoms with E-state index in [1.165, 1.54) is 24.7 Å². The number of aryl methyl sites for hydroxylation is 1. The number of halogens is 3. The molecule has 5 rings (SSSR count). The maximum Gasteiger partial charge on any atom is 0.333 e.